The highest BCUT2D eigenvalue weighted by Gasteiger charge is 2.45. The van der Waals surface area contributed by atoms with E-state index in [-0.39, 0.29) is 12.1 Å². The summed E-state index contributed by atoms with van der Waals surface area (Å²) in [6.45, 7) is 4.09. The third-order valence-corrected chi connectivity index (χ3v) is 5.49. The van der Waals surface area contributed by atoms with Gasteiger partial charge in [-0.25, -0.2) is 0 Å². The minimum Gasteiger partial charge on any atom is -0.462 e. The average molecular weight is 265 g/mol. The van der Waals surface area contributed by atoms with Gasteiger partial charge >= 0.3 is 5.97 Å². The van der Waals surface area contributed by atoms with Crippen molar-refractivity contribution in [1.82, 2.24) is 4.90 Å². The number of esters is 1. The molecule has 0 unspecified atom stereocenters. The van der Waals surface area contributed by atoms with E-state index in [1.165, 1.54) is 64.5 Å². The first-order valence-electron chi connectivity index (χ1n) is 8.17. The highest BCUT2D eigenvalue weighted by molar-refractivity contribution is 5.66. The summed E-state index contributed by atoms with van der Waals surface area (Å²) in [5.74, 6) is 1.17. The Morgan fingerprint density at radius 3 is 2.53 bits per heavy atom. The van der Waals surface area contributed by atoms with Crippen molar-refractivity contribution in [3.05, 3.63) is 0 Å². The molecule has 3 nitrogen and oxygen atoms in total. The second-order valence-corrected chi connectivity index (χ2v) is 6.67. The lowest BCUT2D eigenvalue weighted by molar-refractivity contribution is -0.162. The zero-order chi connectivity index (χ0) is 13.2. The highest BCUT2D eigenvalue weighted by atomic mass is 16.5. The van der Waals surface area contributed by atoms with Gasteiger partial charge in [0.2, 0.25) is 0 Å². The van der Waals surface area contributed by atoms with Gasteiger partial charge in [-0.1, -0.05) is 12.8 Å². The van der Waals surface area contributed by atoms with Gasteiger partial charge in [-0.15, -0.1) is 0 Å². The molecule has 0 amide bonds. The number of hydrogen-bond donors (Lipinski definition) is 0. The van der Waals surface area contributed by atoms with Gasteiger partial charge in [0.1, 0.15) is 6.10 Å². The highest BCUT2D eigenvalue weighted by Crippen LogP contribution is 2.44. The quantitative estimate of drug-likeness (QED) is 0.719. The van der Waals surface area contributed by atoms with Crippen molar-refractivity contribution >= 4 is 5.97 Å². The molecule has 0 aromatic rings. The monoisotopic (exact) mass is 265 g/mol. The smallest absolute Gasteiger partial charge is 0.302 e. The maximum absolute atomic E-state index is 11.4. The predicted octanol–water partition coefficient (Wildman–Crippen LogP) is 2.98. The molecular weight excluding hydrogens is 238 g/mol. The van der Waals surface area contributed by atoms with Crippen LogP contribution in [0.25, 0.3) is 0 Å². The van der Waals surface area contributed by atoms with Crippen LogP contribution in [-0.2, 0) is 9.53 Å². The van der Waals surface area contributed by atoms with Gasteiger partial charge in [-0.3, -0.25) is 9.69 Å². The van der Waals surface area contributed by atoms with E-state index in [0.717, 1.165) is 0 Å². The number of rotatable bonds is 2. The molecule has 0 aromatic heterocycles. The van der Waals surface area contributed by atoms with Crippen LogP contribution in [0.2, 0.25) is 0 Å². The molecule has 0 radical (unpaired) electrons. The lowest BCUT2D eigenvalue weighted by Gasteiger charge is -2.50. The molecule has 2 aliphatic carbocycles. The van der Waals surface area contributed by atoms with Crippen LogP contribution in [0, 0.1) is 11.8 Å². The van der Waals surface area contributed by atoms with Crippen LogP contribution in [0.15, 0.2) is 0 Å². The molecule has 0 aromatic carbocycles. The van der Waals surface area contributed by atoms with Crippen LogP contribution in [0.4, 0.5) is 0 Å². The van der Waals surface area contributed by atoms with Crippen molar-refractivity contribution in [2.45, 2.75) is 70.4 Å². The molecule has 1 aliphatic heterocycles. The van der Waals surface area contributed by atoms with Crippen LogP contribution in [-0.4, -0.2) is 36.1 Å². The fourth-order valence-corrected chi connectivity index (χ4v) is 4.69. The summed E-state index contributed by atoms with van der Waals surface area (Å²) in [7, 11) is 0. The molecule has 19 heavy (non-hydrogen) atoms. The fourth-order valence-electron chi connectivity index (χ4n) is 4.69. The molecule has 3 rings (SSSR count). The van der Waals surface area contributed by atoms with E-state index in [0.29, 0.717) is 17.9 Å². The third kappa shape index (κ3) is 2.81. The zero-order valence-electron chi connectivity index (χ0n) is 12.1. The Hall–Kier alpha value is -0.570. The molecule has 3 aliphatic rings. The summed E-state index contributed by atoms with van der Waals surface area (Å²) in [5, 5.41) is 0. The Morgan fingerprint density at radius 1 is 1.00 bits per heavy atom. The van der Waals surface area contributed by atoms with E-state index < -0.39 is 0 Å². The average Bonchev–Trinajstić information content (AvgIpc) is 2.39. The number of likely N-dealkylation sites (tertiary alicyclic amines) is 1. The summed E-state index contributed by atoms with van der Waals surface area (Å²) >= 11 is 0. The molecule has 4 atom stereocenters. The lowest BCUT2D eigenvalue weighted by atomic mass is 9.67. The largest absolute Gasteiger partial charge is 0.462 e. The predicted molar refractivity (Wildman–Crippen MR) is 74.8 cm³/mol. The Morgan fingerprint density at radius 2 is 1.79 bits per heavy atom. The van der Waals surface area contributed by atoms with Gasteiger partial charge in [-0.05, 0) is 57.5 Å². The normalized spacial score (nSPS) is 39.8. The van der Waals surface area contributed by atoms with E-state index in [1.54, 1.807) is 6.92 Å². The van der Waals surface area contributed by atoms with Crippen LogP contribution < -0.4 is 0 Å². The molecule has 0 N–H and O–H groups in total. The van der Waals surface area contributed by atoms with E-state index in [9.17, 15) is 4.79 Å². The third-order valence-electron chi connectivity index (χ3n) is 5.49. The van der Waals surface area contributed by atoms with Gasteiger partial charge < -0.3 is 4.74 Å². The summed E-state index contributed by atoms with van der Waals surface area (Å²) in [4.78, 5) is 14.1. The maximum Gasteiger partial charge on any atom is 0.302 e. The van der Waals surface area contributed by atoms with Crippen LogP contribution in [0.3, 0.4) is 0 Å². The van der Waals surface area contributed by atoms with Gasteiger partial charge in [-0.2, -0.15) is 0 Å². The number of carbonyl (C=O) groups excluding carboxylic acids is 1. The molecular formula is C16H27NO2. The standard InChI is InChI=1S/C16H27NO2/c1-12(18)19-16-13-6-5-7-14(16)15(9-8-13)17-10-3-2-4-11-17/h13-16H,2-11H2,1H3/t13-,14-,15-,16-/m0/s1. The Labute approximate surface area is 116 Å². The molecule has 108 valence electrons. The minimum atomic E-state index is -0.0822. The summed E-state index contributed by atoms with van der Waals surface area (Å²) < 4.78 is 5.71. The first-order valence-corrected chi connectivity index (χ1v) is 8.17. The number of ether oxygens (including phenoxy) is 1. The van der Waals surface area contributed by atoms with Gasteiger partial charge in [0.15, 0.2) is 0 Å². The molecule has 3 fully saturated rings. The lowest BCUT2D eigenvalue weighted by Crippen LogP contribution is -2.54. The number of fused-ring (bicyclic) bond motifs is 2. The molecule has 3 heteroatoms. The fraction of sp³-hybridized carbons (Fsp3) is 0.938. The number of carbonyl (C=O) groups is 1. The van der Waals surface area contributed by atoms with Crippen molar-refractivity contribution in [1.29, 1.82) is 0 Å². The molecule has 1 heterocycles. The SMILES string of the molecule is CC(=O)O[C@H]1[C@H]2CCC[C@H]1[C@@H](N1CCCCC1)CC2. The summed E-state index contributed by atoms with van der Waals surface area (Å²) in [6.07, 6.45) is 10.8. The van der Waals surface area contributed by atoms with Gasteiger partial charge in [0.25, 0.3) is 0 Å². The van der Waals surface area contributed by atoms with Crippen LogP contribution in [0.5, 0.6) is 0 Å². The van der Waals surface area contributed by atoms with Crippen molar-refractivity contribution < 1.29 is 9.53 Å². The topological polar surface area (TPSA) is 29.5 Å². The number of hydrogen-bond acceptors (Lipinski definition) is 3. The second-order valence-electron chi connectivity index (χ2n) is 6.67. The van der Waals surface area contributed by atoms with E-state index in [4.69, 9.17) is 4.74 Å². The van der Waals surface area contributed by atoms with Gasteiger partial charge in [0, 0.05) is 18.9 Å². The number of piperidine rings is 1. The minimum absolute atomic E-state index is 0.0822. The summed E-state index contributed by atoms with van der Waals surface area (Å²) in [6, 6.07) is 0.682. The second kappa shape index (κ2) is 5.82. The van der Waals surface area contributed by atoms with Crippen LogP contribution >= 0.6 is 0 Å². The van der Waals surface area contributed by atoms with E-state index in [1.807, 2.05) is 0 Å². The van der Waals surface area contributed by atoms with Crippen molar-refractivity contribution in [2.24, 2.45) is 11.8 Å². The van der Waals surface area contributed by atoms with Crippen LogP contribution in [0.1, 0.15) is 58.3 Å². The van der Waals surface area contributed by atoms with E-state index in [2.05, 4.69) is 4.90 Å². The molecule has 2 saturated carbocycles. The number of nitrogens with zero attached hydrogens (tertiary/aromatic N) is 1. The van der Waals surface area contributed by atoms with Crippen molar-refractivity contribution in [3.63, 3.8) is 0 Å². The Balaban J connectivity index is 1.72. The van der Waals surface area contributed by atoms with Gasteiger partial charge in [0.05, 0.1) is 0 Å². The first kappa shape index (κ1) is 13.4. The van der Waals surface area contributed by atoms with E-state index >= 15 is 0 Å². The zero-order valence-corrected chi connectivity index (χ0v) is 12.1. The molecule has 1 saturated heterocycles. The Bertz CT molecular complexity index is 325. The molecule has 0 spiro atoms. The maximum atomic E-state index is 11.4. The van der Waals surface area contributed by atoms with Crippen molar-refractivity contribution in [2.75, 3.05) is 13.1 Å². The summed E-state index contributed by atoms with van der Waals surface area (Å²) in [5.41, 5.74) is 0. The molecule has 2 bridgehead atoms. The first-order chi connectivity index (χ1) is 9.25. The Kier molecular flexibility index (Phi) is 4.11. The van der Waals surface area contributed by atoms with Crippen molar-refractivity contribution in [3.8, 4) is 0 Å².